The first kappa shape index (κ1) is 28.4. The number of esters is 1. The van der Waals surface area contributed by atoms with Crippen molar-refractivity contribution in [3.05, 3.63) is 29.8 Å². The lowest BCUT2D eigenvalue weighted by molar-refractivity contribution is -0.144. The molecule has 1 heterocycles. The van der Waals surface area contributed by atoms with Crippen LogP contribution in [0.4, 0.5) is 0 Å². The zero-order valence-electron chi connectivity index (χ0n) is 21.1. The molecule has 0 radical (unpaired) electrons. The number of carbonyl (C=O) groups is 2. The molecule has 192 valence electrons. The molecule has 0 spiro atoms. The first-order valence-corrected chi connectivity index (χ1v) is 12.8. The van der Waals surface area contributed by atoms with Crippen LogP contribution in [-0.4, -0.2) is 54.7 Å². The SMILES string of the molecule is CCOC(=O)CNC(=O)C(CCN1CC[C@](C)(c2cccc(O)c2)[C@@H](C)C1)C1CCCCC1.Cl. The number of carbonyl (C=O) groups excluding carboxylic acids is 2. The third kappa shape index (κ3) is 7.35. The van der Waals surface area contributed by atoms with Gasteiger partial charge in [-0.25, -0.2) is 0 Å². The number of rotatable bonds is 9. The summed E-state index contributed by atoms with van der Waals surface area (Å²) in [5.74, 6) is 0.760. The number of piperidine rings is 1. The van der Waals surface area contributed by atoms with Crippen molar-refractivity contribution in [3.63, 3.8) is 0 Å². The molecule has 1 saturated heterocycles. The Bertz CT molecular complexity index is 799. The van der Waals surface area contributed by atoms with Gasteiger partial charge in [0, 0.05) is 12.5 Å². The van der Waals surface area contributed by atoms with Crippen molar-refractivity contribution in [1.82, 2.24) is 10.2 Å². The lowest BCUT2D eigenvalue weighted by Gasteiger charge is -2.45. The summed E-state index contributed by atoms with van der Waals surface area (Å²) in [6.45, 7) is 9.52. The Morgan fingerprint density at radius 1 is 1.26 bits per heavy atom. The monoisotopic (exact) mass is 494 g/mol. The number of phenolic OH excluding ortho intramolecular Hbond substituents is 1. The standard InChI is InChI=1S/C27H42N2O4.ClH/c1-4-33-25(31)18-28-26(32)24(21-9-6-5-7-10-21)13-15-29-16-14-27(3,20(2)19-29)22-11-8-12-23(30)17-22;/h8,11-12,17,20-21,24,30H,4-7,9-10,13-16,18-19H2,1-3H3,(H,28,32);1H/t20-,24?,27-;/m0./s1. The van der Waals surface area contributed by atoms with Gasteiger partial charge < -0.3 is 20.1 Å². The minimum absolute atomic E-state index is 0. The molecule has 3 atom stereocenters. The Kier molecular flexibility index (Phi) is 11.2. The molecule has 1 unspecified atom stereocenters. The molecule has 2 fully saturated rings. The Morgan fingerprint density at radius 2 is 2.00 bits per heavy atom. The van der Waals surface area contributed by atoms with Crippen LogP contribution in [0.1, 0.15) is 71.3 Å². The number of nitrogens with one attached hydrogen (secondary N) is 1. The van der Waals surface area contributed by atoms with Crippen molar-refractivity contribution >= 4 is 24.3 Å². The van der Waals surface area contributed by atoms with E-state index in [2.05, 4.69) is 30.1 Å². The van der Waals surface area contributed by atoms with Crippen LogP contribution in [0.2, 0.25) is 0 Å². The van der Waals surface area contributed by atoms with Crippen molar-refractivity contribution in [1.29, 1.82) is 0 Å². The Labute approximate surface area is 211 Å². The van der Waals surface area contributed by atoms with Crippen LogP contribution < -0.4 is 5.32 Å². The zero-order chi connectivity index (χ0) is 23.8. The highest BCUT2D eigenvalue weighted by atomic mass is 35.5. The maximum absolute atomic E-state index is 13.0. The van der Waals surface area contributed by atoms with Gasteiger partial charge in [-0.3, -0.25) is 9.59 Å². The van der Waals surface area contributed by atoms with Gasteiger partial charge in [0.2, 0.25) is 5.91 Å². The van der Waals surface area contributed by atoms with Crippen molar-refractivity contribution in [2.24, 2.45) is 17.8 Å². The Morgan fingerprint density at radius 3 is 2.65 bits per heavy atom. The second-order valence-electron chi connectivity index (χ2n) is 10.2. The molecule has 1 amide bonds. The molecular weight excluding hydrogens is 452 g/mol. The van der Waals surface area contributed by atoms with E-state index >= 15 is 0 Å². The highest BCUT2D eigenvalue weighted by Gasteiger charge is 2.38. The number of aromatic hydroxyl groups is 1. The third-order valence-electron chi connectivity index (χ3n) is 8.10. The number of hydrogen-bond donors (Lipinski definition) is 2. The van der Waals surface area contributed by atoms with E-state index in [9.17, 15) is 14.7 Å². The molecule has 7 heteroatoms. The maximum atomic E-state index is 13.0. The Balaban J connectivity index is 0.00000408. The van der Waals surface area contributed by atoms with Gasteiger partial charge in [-0.05, 0) is 80.6 Å². The number of likely N-dealkylation sites (tertiary alicyclic amines) is 1. The van der Waals surface area contributed by atoms with E-state index in [-0.39, 0.29) is 42.2 Å². The van der Waals surface area contributed by atoms with Gasteiger partial charge >= 0.3 is 5.97 Å². The summed E-state index contributed by atoms with van der Waals surface area (Å²) in [6, 6.07) is 7.68. The smallest absolute Gasteiger partial charge is 0.325 e. The van der Waals surface area contributed by atoms with Crippen molar-refractivity contribution in [2.45, 2.75) is 71.1 Å². The summed E-state index contributed by atoms with van der Waals surface area (Å²) >= 11 is 0. The molecule has 3 rings (SSSR count). The van der Waals surface area contributed by atoms with Gasteiger partial charge in [0.25, 0.3) is 0 Å². The van der Waals surface area contributed by atoms with Crippen LogP contribution in [0.15, 0.2) is 24.3 Å². The predicted octanol–water partition coefficient (Wildman–Crippen LogP) is 4.68. The maximum Gasteiger partial charge on any atom is 0.325 e. The zero-order valence-corrected chi connectivity index (χ0v) is 21.9. The van der Waals surface area contributed by atoms with Crippen LogP contribution in [-0.2, 0) is 19.7 Å². The second kappa shape index (κ2) is 13.3. The lowest BCUT2D eigenvalue weighted by Crippen LogP contribution is -2.48. The summed E-state index contributed by atoms with van der Waals surface area (Å²) in [5, 5.41) is 12.8. The van der Waals surface area contributed by atoms with Crippen molar-refractivity contribution in [3.8, 4) is 5.75 Å². The minimum atomic E-state index is -0.371. The highest BCUT2D eigenvalue weighted by molar-refractivity contribution is 5.85. The van der Waals surface area contributed by atoms with E-state index in [1.807, 2.05) is 12.1 Å². The minimum Gasteiger partial charge on any atom is -0.508 e. The number of benzene rings is 1. The van der Waals surface area contributed by atoms with E-state index in [0.29, 0.717) is 24.2 Å². The molecule has 2 N–H and O–H groups in total. The van der Waals surface area contributed by atoms with Crippen LogP contribution in [0.25, 0.3) is 0 Å². The average molecular weight is 495 g/mol. The molecule has 1 aliphatic carbocycles. The fraction of sp³-hybridized carbons (Fsp3) is 0.704. The van der Waals surface area contributed by atoms with Gasteiger partial charge in [-0.15, -0.1) is 12.4 Å². The highest BCUT2D eigenvalue weighted by Crippen LogP contribution is 2.40. The number of phenols is 1. The third-order valence-corrected chi connectivity index (χ3v) is 8.10. The van der Waals surface area contributed by atoms with Gasteiger partial charge in [-0.2, -0.15) is 0 Å². The molecule has 6 nitrogen and oxygen atoms in total. The second-order valence-corrected chi connectivity index (χ2v) is 10.2. The number of halogens is 1. The predicted molar refractivity (Wildman–Crippen MR) is 137 cm³/mol. The summed E-state index contributed by atoms with van der Waals surface area (Å²) < 4.78 is 4.97. The first-order chi connectivity index (χ1) is 15.8. The van der Waals surface area contributed by atoms with Crippen LogP contribution in [0.3, 0.4) is 0 Å². The number of hydrogen-bond acceptors (Lipinski definition) is 5. The quantitative estimate of drug-likeness (QED) is 0.487. The fourth-order valence-corrected chi connectivity index (χ4v) is 5.75. The topological polar surface area (TPSA) is 78.9 Å². The van der Waals surface area contributed by atoms with E-state index in [1.54, 1.807) is 13.0 Å². The summed E-state index contributed by atoms with van der Waals surface area (Å²) in [4.78, 5) is 27.3. The normalized spacial score (nSPS) is 24.6. The van der Waals surface area contributed by atoms with Crippen molar-refractivity contribution in [2.75, 3.05) is 32.8 Å². The average Bonchev–Trinajstić information content (AvgIpc) is 2.81. The molecular formula is C27H43ClN2O4. The number of nitrogens with zero attached hydrogens (tertiary/aromatic N) is 1. The van der Waals surface area contributed by atoms with E-state index in [4.69, 9.17) is 4.74 Å². The molecule has 1 aliphatic heterocycles. The molecule has 1 aromatic carbocycles. The molecule has 0 aromatic heterocycles. The summed E-state index contributed by atoms with van der Waals surface area (Å²) in [5.41, 5.74) is 1.24. The molecule has 0 bridgehead atoms. The summed E-state index contributed by atoms with van der Waals surface area (Å²) in [7, 11) is 0. The van der Waals surface area contributed by atoms with Crippen LogP contribution in [0, 0.1) is 17.8 Å². The first-order valence-electron chi connectivity index (χ1n) is 12.8. The molecule has 2 aliphatic rings. The molecule has 34 heavy (non-hydrogen) atoms. The molecule has 1 saturated carbocycles. The van der Waals surface area contributed by atoms with E-state index in [1.165, 1.54) is 24.8 Å². The van der Waals surface area contributed by atoms with E-state index in [0.717, 1.165) is 45.3 Å². The Hall–Kier alpha value is -1.79. The number of ether oxygens (including phenoxy) is 1. The molecule has 1 aromatic rings. The summed E-state index contributed by atoms with van der Waals surface area (Å²) in [6.07, 6.45) is 7.69. The van der Waals surface area contributed by atoms with E-state index < -0.39 is 0 Å². The largest absolute Gasteiger partial charge is 0.508 e. The fourth-order valence-electron chi connectivity index (χ4n) is 5.75. The van der Waals surface area contributed by atoms with Crippen LogP contribution >= 0.6 is 12.4 Å². The van der Waals surface area contributed by atoms with Gasteiger partial charge in [-0.1, -0.05) is 45.2 Å². The van der Waals surface area contributed by atoms with Gasteiger partial charge in [0.15, 0.2) is 0 Å². The van der Waals surface area contributed by atoms with Gasteiger partial charge in [0.05, 0.1) is 6.61 Å². The van der Waals surface area contributed by atoms with Crippen molar-refractivity contribution < 1.29 is 19.4 Å². The lowest BCUT2D eigenvalue weighted by atomic mass is 9.68. The van der Waals surface area contributed by atoms with Crippen LogP contribution in [0.5, 0.6) is 5.75 Å². The number of amides is 1. The van der Waals surface area contributed by atoms with Gasteiger partial charge in [0.1, 0.15) is 12.3 Å².